The SMILES string of the molecule is [C-]#N.[C-]#N.[C-]#N.[C-]#N.[C-]#N.[C-]#N.[Cd+2].[Fe+4]. The van der Waals surface area contributed by atoms with Gasteiger partial charge < -0.3 is 71.0 Å². The van der Waals surface area contributed by atoms with Crippen molar-refractivity contribution in [2.24, 2.45) is 0 Å². The fourth-order valence-corrected chi connectivity index (χ4v) is 0. The molecule has 0 fully saturated rings. The second-order valence-corrected chi connectivity index (χ2v) is 0. The van der Waals surface area contributed by atoms with Gasteiger partial charge in [-0.2, -0.15) is 0 Å². The first kappa shape index (κ1) is 83.5. The van der Waals surface area contributed by atoms with Crippen molar-refractivity contribution in [1.29, 1.82) is 31.6 Å². The summed E-state index contributed by atoms with van der Waals surface area (Å²) < 4.78 is 0. The van der Waals surface area contributed by atoms with E-state index in [0.717, 1.165) is 0 Å². The molecule has 64 valence electrons. The van der Waals surface area contributed by atoms with E-state index < -0.39 is 0 Å². The van der Waals surface area contributed by atoms with Crippen molar-refractivity contribution in [3.05, 3.63) is 39.4 Å². The van der Waals surface area contributed by atoms with Crippen LogP contribution in [0, 0.1) is 71.0 Å². The maximum absolute atomic E-state index is 6.25. The zero-order valence-electron chi connectivity index (χ0n) is 6.74. The zero-order chi connectivity index (χ0) is 12.0. The van der Waals surface area contributed by atoms with Crippen molar-refractivity contribution in [2.75, 3.05) is 0 Å². The van der Waals surface area contributed by atoms with Crippen molar-refractivity contribution >= 4 is 0 Å². The van der Waals surface area contributed by atoms with Gasteiger partial charge >= 0.3 is 44.4 Å². The summed E-state index contributed by atoms with van der Waals surface area (Å²) in [5, 5.41) is 37.5. The predicted octanol–water partition coefficient (Wildman–Crippen LogP) is 0.573. The van der Waals surface area contributed by atoms with E-state index in [1.165, 1.54) is 0 Å². The molecule has 0 atom stereocenters. The number of hydrogen-bond donors (Lipinski definition) is 0. The van der Waals surface area contributed by atoms with E-state index in [1.54, 1.807) is 0 Å². The van der Waals surface area contributed by atoms with Crippen LogP contribution < -0.4 is 0 Å². The van der Waals surface area contributed by atoms with Gasteiger partial charge in [-0.1, -0.05) is 0 Å². The van der Waals surface area contributed by atoms with Gasteiger partial charge in [0.2, 0.25) is 0 Å². The summed E-state index contributed by atoms with van der Waals surface area (Å²) in [6.45, 7) is 28.5. The Morgan fingerprint density at radius 3 is 0.357 bits per heavy atom. The Morgan fingerprint density at radius 1 is 0.357 bits per heavy atom. The minimum Gasteiger partial charge on any atom is -0.512 e. The van der Waals surface area contributed by atoms with E-state index >= 15 is 0 Å². The predicted molar refractivity (Wildman–Crippen MR) is 29.8 cm³/mol. The van der Waals surface area contributed by atoms with Gasteiger partial charge in [-0.25, -0.2) is 0 Å². The summed E-state index contributed by atoms with van der Waals surface area (Å²) in [4.78, 5) is 0. The molecule has 0 aliphatic heterocycles. The molecule has 0 N–H and O–H groups in total. The minimum atomic E-state index is 0. The third-order valence-corrected chi connectivity index (χ3v) is 0. The Bertz CT molecular complexity index is 97.3. The van der Waals surface area contributed by atoms with E-state index in [4.69, 9.17) is 71.0 Å². The van der Waals surface area contributed by atoms with E-state index in [2.05, 4.69) is 0 Å². The van der Waals surface area contributed by atoms with Crippen LogP contribution in [0.1, 0.15) is 0 Å². The van der Waals surface area contributed by atoms with Crippen molar-refractivity contribution in [3.63, 3.8) is 0 Å². The fraction of sp³-hybridized carbons (Fsp3) is 0. The molecule has 0 aliphatic rings. The van der Waals surface area contributed by atoms with Gasteiger partial charge in [-0.15, -0.1) is 0 Å². The molecule has 0 amide bonds. The molecule has 0 saturated heterocycles. The monoisotopic (exact) mass is 326 g/mol. The van der Waals surface area contributed by atoms with Gasteiger partial charge in [0.05, 0.1) is 0 Å². The first-order valence-electron chi connectivity index (χ1n) is 1.34. The molecule has 0 aromatic rings. The van der Waals surface area contributed by atoms with E-state index in [0.29, 0.717) is 0 Å². The first-order chi connectivity index (χ1) is 6.00. The molecule has 0 aromatic heterocycles. The smallest absolute Gasteiger partial charge is 0.512 e. The Hall–Kier alpha value is -1.62. The third kappa shape index (κ3) is 349. The average molecular weight is 324 g/mol. The third-order valence-electron chi connectivity index (χ3n) is 0. The largest absolute Gasteiger partial charge is 4.00 e. The van der Waals surface area contributed by atoms with Gasteiger partial charge in [0.15, 0.2) is 0 Å². The quantitative estimate of drug-likeness (QED) is 0.471. The first-order valence-corrected chi connectivity index (χ1v) is 1.34. The Kier molecular flexibility index (Phi) is 2790. The summed E-state index contributed by atoms with van der Waals surface area (Å²) in [5.41, 5.74) is 0. The summed E-state index contributed by atoms with van der Waals surface area (Å²) >= 11 is 0. The van der Waals surface area contributed by atoms with Crippen LogP contribution >= 0.6 is 0 Å². The topological polar surface area (TPSA) is 143 Å². The molecule has 14 heavy (non-hydrogen) atoms. The van der Waals surface area contributed by atoms with Crippen molar-refractivity contribution in [2.45, 2.75) is 0 Å². The van der Waals surface area contributed by atoms with E-state index in [-0.39, 0.29) is 44.4 Å². The van der Waals surface area contributed by atoms with Gasteiger partial charge in [0.25, 0.3) is 0 Å². The maximum atomic E-state index is 6.25. The fourth-order valence-electron chi connectivity index (χ4n) is 0. The molecule has 0 aliphatic carbocycles. The van der Waals surface area contributed by atoms with Crippen LogP contribution in [0.5, 0.6) is 0 Å². The molecule has 6 nitrogen and oxygen atoms in total. The molecule has 0 heterocycles. The molecule has 8 heteroatoms. The van der Waals surface area contributed by atoms with Gasteiger partial charge in [0, 0.05) is 0 Å². The van der Waals surface area contributed by atoms with Crippen LogP contribution in [0.2, 0.25) is 0 Å². The minimum absolute atomic E-state index is 0. The second kappa shape index (κ2) is 468. The number of rotatable bonds is 0. The summed E-state index contributed by atoms with van der Waals surface area (Å²) in [6, 6.07) is 0. The standard InChI is InChI=1S/6CN.Cd.Fe/c6*1-2;;/q6*-1;+2;+4. The molecule has 0 spiro atoms. The summed E-state index contributed by atoms with van der Waals surface area (Å²) in [5.74, 6) is 0. The average Bonchev–Trinajstić information content (AvgIpc) is 2.33. The Morgan fingerprint density at radius 2 is 0.357 bits per heavy atom. The maximum Gasteiger partial charge on any atom is 4.00 e. The summed E-state index contributed by atoms with van der Waals surface area (Å²) in [7, 11) is 0. The van der Waals surface area contributed by atoms with E-state index in [9.17, 15) is 0 Å². The van der Waals surface area contributed by atoms with Crippen LogP contribution in [-0.4, -0.2) is 0 Å². The molecule has 0 rings (SSSR count). The van der Waals surface area contributed by atoms with Crippen LogP contribution in [0.15, 0.2) is 0 Å². The Balaban J connectivity index is -0.00000000500. The van der Waals surface area contributed by atoms with E-state index in [1.807, 2.05) is 0 Å². The van der Waals surface area contributed by atoms with Crippen molar-refractivity contribution in [1.82, 2.24) is 0 Å². The normalized spacial score (nSPS) is 0.857. The van der Waals surface area contributed by atoms with Crippen molar-refractivity contribution < 1.29 is 44.4 Å². The second-order valence-electron chi connectivity index (χ2n) is 0. The van der Waals surface area contributed by atoms with Crippen LogP contribution in [0.4, 0.5) is 0 Å². The van der Waals surface area contributed by atoms with Crippen LogP contribution in [0.3, 0.4) is 0 Å². The van der Waals surface area contributed by atoms with Gasteiger partial charge in [0.1, 0.15) is 0 Å². The number of hydrogen-bond acceptors (Lipinski definition) is 6. The number of nitrogens with zero attached hydrogens (tertiary/aromatic N) is 6. The van der Waals surface area contributed by atoms with Crippen LogP contribution in [0.25, 0.3) is 0 Å². The molecule has 0 unspecified atom stereocenters. The molecular formula is C6CdFeN6. The van der Waals surface area contributed by atoms with Crippen molar-refractivity contribution in [3.8, 4) is 0 Å². The Labute approximate surface area is 115 Å². The van der Waals surface area contributed by atoms with Gasteiger partial charge in [-0.05, 0) is 0 Å². The molecular weight excluding hydrogens is 324 g/mol. The molecule has 0 bridgehead atoms. The molecule has 0 saturated carbocycles. The van der Waals surface area contributed by atoms with Crippen LogP contribution in [-0.2, 0) is 44.4 Å². The molecule has 0 aromatic carbocycles. The zero-order valence-corrected chi connectivity index (χ0v) is 11.9. The summed E-state index contributed by atoms with van der Waals surface area (Å²) in [6.07, 6.45) is 0. The molecule has 0 radical (unpaired) electrons. The van der Waals surface area contributed by atoms with Gasteiger partial charge in [-0.3, -0.25) is 0 Å².